The van der Waals surface area contributed by atoms with E-state index in [1.165, 1.54) is 24.5 Å². The van der Waals surface area contributed by atoms with E-state index in [4.69, 9.17) is 14.2 Å². The van der Waals surface area contributed by atoms with Gasteiger partial charge in [0.15, 0.2) is 17.3 Å². The molecule has 1 aromatic carbocycles. The highest BCUT2D eigenvalue weighted by molar-refractivity contribution is 7.10. The number of ketones is 1. The molecule has 38 heavy (non-hydrogen) atoms. The zero-order valence-electron chi connectivity index (χ0n) is 22.0. The molecule has 0 unspecified atom stereocenters. The summed E-state index contributed by atoms with van der Waals surface area (Å²) in [6, 6.07) is 8.59. The summed E-state index contributed by atoms with van der Waals surface area (Å²) in [5.41, 5.74) is 2.62. The molecule has 0 amide bonds. The summed E-state index contributed by atoms with van der Waals surface area (Å²) in [5.74, 6) is -3.60. The van der Waals surface area contributed by atoms with Crippen LogP contribution in [0.5, 0.6) is 11.5 Å². The summed E-state index contributed by atoms with van der Waals surface area (Å²) in [6.07, 6.45) is 1.73. The minimum atomic E-state index is -1.05. The Morgan fingerprint density at radius 2 is 1.89 bits per heavy atom. The molecule has 0 saturated carbocycles. The fourth-order valence-electron chi connectivity index (χ4n) is 5.32. The molecule has 2 N–H and O–H groups in total. The van der Waals surface area contributed by atoms with Gasteiger partial charge in [0.05, 0.1) is 25.9 Å². The number of allylic oxidation sites excluding steroid dienone is 3. The number of thiophene rings is 1. The highest BCUT2D eigenvalue weighted by atomic mass is 32.1. The number of esters is 2. The molecule has 0 saturated heterocycles. The standard InChI is InChI=1S/C29H33NO7S/c1-5-9-18-26(29(34)37-7-3)23(16-11-12-20(31)21(14-16)35-4)25-19(30-18)15-17(22-10-8-13-38-22)24(27(25)32)28(33)36-6-2/h8,10-14,17,23-24,30-31H,5-7,9,15H2,1-4H3/t17-,23-,24-/m1/s1. The average molecular weight is 540 g/mol. The van der Waals surface area contributed by atoms with Crippen LogP contribution in [0, 0.1) is 5.92 Å². The predicted octanol–water partition coefficient (Wildman–Crippen LogP) is 4.96. The number of hydrogen-bond acceptors (Lipinski definition) is 9. The fraction of sp³-hybridized carbons (Fsp3) is 0.414. The Labute approximate surface area is 226 Å². The molecule has 1 aromatic heterocycles. The second kappa shape index (κ2) is 11.9. The van der Waals surface area contributed by atoms with Gasteiger partial charge in [0, 0.05) is 33.7 Å². The van der Waals surface area contributed by atoms with Crippen LogP contribution >= 0.6 is 11.3 Å². The number of Topliss-reactive ketones (excluding diaryl/α,β-unsaturated/α-hetero) is 1. The van der Waals surface area contributed by atoms with E-state index in [2.05, 4.69) is 5.32 Å². The number of hydrogen-bond donors (Lipinski definition) is 2. The van der Waals surface area contributed by atoms with Crippen LogP contribution in [0.2, 0.25) is 0 Å². The number of ether oxygens (including phenoxy) is 3. The second-order valence-corrected chi connectivity index (χ2v) is 10.1. The van der Waals surface area contributed by atoms with Crippen molar-refractivity contribution in [3.63, 3.8) is 0 Å². The van der Waals surface area contributed by atoms with E-state index in [-0.39, 0.29) is 30.5 Å². The summed E-state index contributed by atoms with van der Waals surface area (Å²) >= 11 is 1.50. The second-order valence-electron chi connectivity index (χ2n) is 9.16. The number of benzene rings is 1. The molecule has 8 nitrogen and oxygen atoms in total. The van der Waals surface area contributed by atoms with Gasteiger partial charge in [0.2, 0.25) is 0 Å². The number of methoxy groups -OCH3 is 1. The number of carbonyl (C=O) groups is 3. The first kappa shape index (κ1) is 27.4. The first-order valence-corrected chi connectivity index (χ1v) is 13.7. The summed E-state index contributed by atoms with van der Waals surface area (Å²) in [7, 11) is 1.44. The Kier molecular flexibility index (Phi) is 8.56. The molecule has 2 aromatic rings. The Hall–Kier alpha value is -3.59. The number of nitrogens with one attached hydrogen (secondary N) is 1. The van der Waals surface area contributed by atoms with E-state index in [0.717, 1.165) is 11.3 Å². The van der Waals surface area contributed by atoms with Gasteiger partial charge in [0.1, 0.15) is 5.92 Å². The van der Waals surface area contributed by atoms with Gasteiger partial charge in [-0.05, 0) is 55.8 Å². The van der Waals surface area contributed by atoms with Crippen molar-refractivity contribution in [1.82, 2.24) is 5.32 Å². The maximum absolute atomic E-state index is 14.3. The molecule has 3 atom stereocenters. The quantitative estimate of drug-likeness (QED) is 0.340. The molecular formula is C29H33NO7S. The van der Waals surface area contributed by atoms with Crippen LogP contribution in [-0.4, -0.2) is 43.2 Å². The number of phenols is 1. The van der Waals surface area contributed by atoms with Gasteiger partial charge in [-0.25, -0.2) is 4.79 Å². The lowest BCUT2D eigenvalue weighted by Crippen LogP contribution is -2.43. The largest absolute Gasteiger partial charge is 0.504 e. The van der Waals surface area contributed by atoms with Crippen molar-refractivity contribution in [2.45, 2.75) is 51.9 Å². The number of phenolic OH excluding ortho intramolecular Hbond substituents is 1. The lowest BCUT2D eigenvalue weighted by molar-refractivity contribution is -0.152. The molecule has 0 spiro atoms. The van der Waals surface area contributed by atoms with Gasteiger partial charge in [-0.1, -0.05) is 25.5 Å². The van der Waals surface area contributed by atoms with Gasteiger partial charge in [-0.2, -0.15) is 0 Å². The average Bonchev–Trinajstić information content (AvgIpc) is 3.43. The number of dihydropyridines is 1. The van der Waals surface area contributed by atoms with Gasteiger partial charge >= 0.3 is 11.9 Å². The molecule has 2 heterocycles. The van der Waals surface area contributed by atoms with Crippen molar-refractivity contribution in [3.05, 3.63) is 68.7 Å². The van der Waals surface area contributed by atoms with E-state index < -0.39 is 29.7 Å². The van der Waals surface area contributed by atoms with Gasteiger partial charge in [-0.15, -0.1) is 11.3 Å². The number of carbonyl (C=O) groups excluding carboxylic acids is 3. The van der Waals surface area contributed by atoms with Crippen molar-refractivity contribution >= 4 is 29.1 Å². The maximum atomic E-state index is 14.3. The van der Waals surface area contributed by atoms with Gasteiger partial charge in [-0.3, -0.25) is 9.59 Å². The SMILES string of the molecule is CCCC1=C(C(=O)OCC)[C@H](c2ccc(O)c(OC)c2)C2=C(C[C@H](c3cccs3)[C@@H](C(=O)OCC)C2=O)N1. The third kappa shape index (κ3) is 5.07. The zero-order valence-corrected chi connectivity index (χ0v) is 22.9. The van der Waals surface area contributed by atoms with Crippen molar-refractivity contribution in [1.29, 1.82) is 0 Å². The number of rotatable bonds is 9. The lowest BCUT2D eigenvalue weighted by atomic mass is 9.68. The molecule has 0 fully saturated rings. The van der Waals surface area contributed by atoms with E-state index in [0.29, 0.717) is 40.9 Å². The summed E-state index contributed by atoms with van der Waals surface area (Å²) in [4.78, 5) is 41.9. The van der Waals surface area contributed by atoms with Crippen molar-refractivity contribution in [2.75, 3.05) is 20.3 Å². The Balaban J connectivity index is 1.95. The molecule has 0 bridgehead atoms. The Morgan fingerprint density at radius 1 is 1.13 bits per heavy atom. The van der Waals surface area contributed by atoms with Crippen LogP contribution in [0.1, 0.15) is 62.3 Å². The molecule has 2 aliphatic rings. The molecule has 9 heteroatoms. The van der Waals surface area contributed by atoms with E-state index >= 15 is 0 Å². The zero-order chi connectivity index (χ0) is 27.4. The van der Waals surface area contributed by atoms with Crippen LogP contribution in [0.4, 0.5) is 0 Å². The van der Waals surface area contributed by atoms with Crippen LogP contribution < -0.4 is 10.1 Å². The van der Waals surface area contributed by atoms with E-state index in [1.807, 2.05) is 24.4 Å². The molecule has 202 valence electrons. The lowest BCUT2D eigenvalue weighted by Gasteiger charge is -2.39. The predicted molar refractivity (Wildman–Crippen MR) is 143 cm³/mol. The van der Waals surface area contributed by atoms with Crippen molar-refractivity contribution in [3.8, 4) is 11.5 Å². The van der Waals surface area contributed by atoms with Crippen molar-refractivity contribution in [2.24, 2.45) is 5.92 Å². The highest BCUT2D eigenvalue weighted by Crippen LogP contribution is 2.50. The van der Waals surface area contributed by atoms with Crippen LogP contribution in [0.25, 0.3) is 0 Å². The summed E-state index contributed by atoms with van der Waals surface area (Å²) < 4.78 is 16.2. The first-order valence-electron chi connectivity index (χ1n) is 12.9. The van der Waals surface area contributed by atoms with E-state index in [9.17, 15) is 19.5 Å². The number of aromatic hydroxyl groups is 1. The van der Waals surface area contributed by atoms with Crippen molar-refractivity contribution < 1.29 is 33.7 Å². The molecule has 0 radical (unpaired) electrons. The normalized spacial score (nSPS) is 21.1. The smallest absolute Gasteiger partial charge is 0.336 e. The molecular weight excluding hydrogens is 506 g/mol. The van der Waals surface area contributed by atoms with Crippen LogP contribution in [0.3, 0.4) is 0 Å². The molecule has 1 aliphatic carbocycles. The van der Waals surface area contributed by atoms with E-state index in [1.54, 1.807) is 26.0 Å². The Morgan fingerprint density at radius 3 is 2.53 bits per heavy atom. The van der Waals surface area contributed by atoms with Gasteiger partial charge < -0.3 is 24.6 Å². The summed E-state index contributed by atoms with van der Waals surface area (Å²) in [6.45, 7) is 5.77. The molecule has 1 aliphatic heterocycles. The minimum absolute atomic E-state index is 0.0630. The third-order valence-electron chi connectivity index (χ3n) is 6.89. The highest BCUT2D eigenvalue weighted by Gasteiger charge is 2.49. The third-order valence-corrected chi connectivity index (χ3v) is 7.89. The molecule has 4 rings (SSSR count). The van der Waals surface area contributed by atoms with Crippen LogP contribution in [-0.2, 0) is 23.9 Å². The fourth-order valence-corrected chi connectivity index (χ4v) is 6.19. The summed E-state index contributed by atoms with van der Waals surface area (Å²) in [5, 5.41) is 15.6. The Bertz CT molecular complexity index is 1280. The maximum Gasteiger partial charge on any atom is 0.336 e. The minimum Gasteiger partial charge on any atom is -0.504 e. The topological polar surface area (TPSA) is 111 Å². The monoisotopic (exact) mass is 539 g/mol. The van der Waals surface area contributed by atoms with Crippen LogP contribution in [0.15, 0.2) is 58.3 Å². The first-order chi connectivity index (χ1) is 18.4. The van der Waals surface area contributed by atoms with Gasteiger partial charge in [0.25, 0.3) is 0 Å².